The number of hydrogen-bond donors (Lipinski definition) is 0. The lowest BCUT2D eigenvalue weighted by atomic mass is 9.97. The SMILES string of the molecule is CON(C(=O)c1ccccc1)C(=O)c1c(C(F)(F)F)ccc2ccccc12. The zero-order valence-corrected chi connectivity index (χ0v) is 14.2. The summed E-state index contributed by atoms with van der Waals surface area (Å²) >= 11 is 0. The zero-order chi connectivity index (χ0) is 19.6. The van der Waals surface area contributed by atoms with E-state index in [4.69, 9.17) is 4.84 Å². The molecule has 0 saturated heterocycles. The Balaban J connectivity index is 2.17. The maximum atomic E-state index is 13.5. The summed E-state index contributed by atoms with van der Waals surface area (Å²) in [6.07, 6.45) is -4.77. The average molecular weight is 373 g/mol. The molecule has 0 saturated carbocycles. The number of hydroxylamine groups is 2. The van der Waals surface area contributed by atoms with Crippen LogP contribution in [-0.4, -0.2) is 24.0 Å². The zero-order valence-electron chi connectivity index (χ0n) is 14.2. The molecule has 0 unspecified atom stereocenters. The van der Waals surface area contributed by atoms with Crippen molar-refractivity contribution >= 4 is 22.6 Å². The van der Waals surface area contributed by atoms with Crippen LogP contribution in [0.5, 0.6) is 0 Å². The van der Waals surface area contributed by atoms with Crippen molar-refractivity contribution in [2.75, 3.05) is 7.11 Å². The lowest BCUT2D eigenvalue weighted by Crippen LogP contribution is -2.37. The summed E-state index contributed by atoms with van der Waals surface area (Å²) in [5, 5.41) is 0.865. The second kappa shape index (κ2) is 7.20. The van der Waals surface area contributed by atoms with Crippen LogP contribution in [0.2, 0.25) is 0 Å². The van der Waals surface area contributed by atoms with Gasteiger partial charge in [0, 0.05) is 5.56 Å². The topological polar surface area (TPSA) is 46.6 Å². The van der Waals surface area contributed by atoms with Crippen molar-refractivity contribution in [2.24, 2.45) is 0 Å². The van der Waals surface area contributed by atoms with Gasteiger partial charge in [0.15, 0.2) is 0 Å². The fourth-order valence-electron chi connectivity index (χ4n) is 2.80. The summed E-state index contributed by atoms with van der Waals surface area (Å²) < 4.78 is 40.6. The summed E-state index contributed by atoms with van der Waals surface area (Å²) in [6.45, 7) is 0. The second-order valence-corrected chi connectivity index (χ2v) is 5.66. The van der Waals surface area contributed by atoms with Gasteiger partial charge in [0.1, 0.15) is 0 Å². The van der Waals surface area contributed by atoms with Crippen LogP contribution in [0.3, 0.4) is 0 Å². The van der Waals surface area contributed by atoms with E-state index in [-0.39, 0.29) is 10.9 Å². The first-order chi connectivity index (χ1) is 12.8. The largest absolute Gasteiger partial charge is 0.417 e. The molecule has 0 bridgehead atoms. The van der Waals surface area contributed by atoms with Crippen molar-refractivity contribution in [1.82, 2.24) is 5.06 Å². The molecule has 0 aliphatic carbocycles. The summed E-state index contributed by atoms with van der Waals surface area (Å²) in [6, 6.07) is 16.0. The van der Waals surface area contributed by atoms with Gasteiger partial charge in [0.25, 0.3) is 11.8 Å². The molecule has 3 aromatic carbocycles. The second-order valence-electron chi connectivity index (χ2n) is 5.66. The minimum absolute atomic E-state index is 0.0836. The molecular formula is C20H14F3NO3. The lowest BCUT2D eigenvalue weighted by molar-refractivity contribution is -0.138. The Morgan fingerprint density at radius 2 is 1.48 bits per heavy atom. The van der Waals surface area contributed by atoms with Crippen molar-refractivity contribution in [2.45, 2.75) is 6.18 Å². The van der Waals surface area contributed by atoms with E-state index in [0.717, 1.165) is 13.2 Å². The smallest absolute Gasteiger partial charge is 0.266 e. The summed E-state index contributed by atoms with van der Waals surface area (Å²) in [5.74, 6) is -2.04. The molecule has 0 N–H and O–H groups in total. The molecule has 0 radical (unpaired) electrons. The number of hydrogen-bond acceptors (Lipinski definition) is 3. The van der Waals surface area contributed by atoms with Gasteiger partial charge in [-0.2, -0.15) is 13.2 Å². The first-order valence-corrected chi connectivity index (χ1v) is 7.91. The van der Waals surface area contributed by atoms with Crippen LogP contribution in [0.1, 0.15) is 26.3 Å². The quantitative estimate of drug-likeness (QED) is 0.494. The highest BCUT2D eigenvalue weighted by atomic mass is 19.4. The molecule has 27 heavy (non-hydrogen) atoms. The number of carbonyl (C=O) groups excluding carboxylic acids is 2. The number of nitrogens with zero attached hydrogens (tertiary/aromatic N) is 1. The van der Waals surface area contributed by atoms with Gasteiger partial charge in [0.05, 0.1) is 18.2 Å². The highest BCUT2D eigenvalue weighted by molar-refractivity contribution is 6.15. The van der Waals surface area contributed by atoms with Gasteiger partial charge in [-0.1, -0.05) is 48.5 Å². The predicted octanol–water partition coefficient (Wildman–Crippen LogP) is 4.70. The molecule has 138 valence electrons. The number of rotatable bonds is 3. The lowest BCUT2D eigenvalue weighted by Gasteiger charge is -2.21. The Kier molecular flexibility index (Phi) is 4.96. The normalized spacial score (nSPS) is 11.4. The summed E-state index contributed by atoms with van der Waals surface area (Å²) in [7, 11) is 1.05. The molecule has 0 aliphatic rings. The van der Waals surface area contributed by atoms with Crippen LogP contribution in [0.15, 0.2) is 66.7 Å². The van der Waals surface area contributed by atoms with Crippen molar-refractivity contribution in [3.63, 3.8) is 0 Å². The minimum Gasteiger partial charge on any atom is -0.266 e. The third-order valence-electron chi connectivity index (χ3n) is 4.02. The van der Waals surface area contributed by atoms with Crippen LogP contribution in [0.25, 0.3) is 10.8 Å². The predicted molar refractivity (Wildman–Crippen MR) is 92.9 cm³/mol. The molecule has 0 aliphatic heterocycles. The van der Waals surface area contributed by atoms with Crippen LogP contribution in [-0.2, 0) is 11.0 Å². The van der Waals surface area contributed by atoms with E-state index in [1.165, 1.54) is 30.3 Å². The molecule has 2 amide bonds. The highest BCUT2D eigenvalue weighted by Gasteiger charge is 2.38. The van der Waals surface area contributed by atoms with Crippen molar-refractivity contribution < 1.29 is 27.6 Å². The Morgan fingerprint density at radius 1 is 0.852 bits per heavy atom. The number of alkyl halides is 3. The Hall–Kier alpha value is -3.19. The maximum Gasteiger partial charge on any atom is 0.417 e. The summed E-state index contributed by atoms with van der Waals surface area (Å²) in [4.78, 5) is 30.4. The van der Waals surface area contributed by atoms with Crippen molar-refractivity contribution in [1.29, 1.82) is 0 Å². The van der Waals surface area contributed by atoms with E-state index in [2.05, 4.69) is 0 Å². The molecule has 0 spiro atoms. The molecule has 0 heterocycles. The van der Waals surface area contributed by atoms with Crippen molar-refractivity contribution in [3.8, 4) is 0 Å². The minimum atomic E-state index is -4.77. The fourth-order valence-corrected chi connectivity index (χ4v) is 2.80. The molecule has 0 atom stereocenters. The number of imide groups is 1. The Bertz CT molecular complexity index is 1000. The van der Waals surface area contributed by atoms with E-state index in [9.17, 15) is 22.8 Å². The number of benzene rings is 3. The molecule has 7 heteroatoms. The molecule has 0 fully saturated rings. The van der Waals surface area contributed by atoms with E-state index < -0.39 is 29.1 Å². The maximum absolute atomic E-state index is 13.5. The van der Waals surface area contributed by atoms with E-state index in [1.807, 2.05) is 0 Å². The average Bonchev–Trinajstić information content (AvgIpc) is 2.67. The van der Waals surface area contributed by atoms with Gasteiger partial charge < -0.3 is 0 Å². The van der Waals surface area contributed by atoms with Crippen LogP contribution < -0.4 is 0 Å². The highest BCUT2D eigenvalue weighted by Crippen LogP contribution is 2.36. The van der Waals surface area contributed by atoms with E-state index in [0.29, 0.717) is 10.4 Å². The van der Waals surface area contributed by atoms with Gasteiger partial charge in [-0.05, 0) is 29.0 Å². The van der Waals surface area contributed by atoms with E-state index >= 15 is 0 Å². The summed E-state index contributed by atoms with van der Waals surface area (Å²) in [5.41, 5.74) is -1.65. The molecular weight excluding hydrogens is 359 g/mol. The van der Waals surface area contributed by atoms with Gasteiger partial charge in [-0.15, -0.1) is 5.06 Å². The Morgan fingerprint density at radius 3 is 2.11 bits per heavy atom. The monoisotopic (exact) mass is 373 g/mol. The fraction of sp³-hybridized carbons (Fsp3) is 0.100. The third kappa shape index (κ3) is 3.54. The first-order valence-electron chi connectivity index (χ1n) is 7.91. The molecule has 0 aromatic heterocycles. The first kappa shape index (κ1) is 18.6. The van der Waals surface area contributed by atoms with Gasteiger partial charge in [-0.3, -0.25) is 14.4 Å². The van der Waals surface area contributed by atoms with Crippen LogP contribution in [0.4, 0.5) is 13.2 Å². The van der Waals surface area contributed by atoms with Crippen LogP contribution >= 0.6 is 0 Å². The van der Waals surface area contributed by atoms with Gasteiger partial charge in [0.2, 0.25) is 0 Å². The van der Waals surface area contributed by atoms with Gasteiger partial charge in [-0.25, -0.2) is 0 Å². The number of halogens is 3. The molecule has 4 nitrogen and oxygen atoms in total. The van der Waals surface area contributed by atoms with Crippen molar-refractivity contribution in [3.05, 3.63) is 83.4 Å². The standard InChI is InChI=1S/C20H14F3NO3/c1-27-24(18(25)14-8-3-2-4-9-14)19(26)17-15-10-6-5-7-13(15)11-12-16(17)20(21,22)23/h2-12H,1H3. The molecule has 3 aromatic rings. The van der Waals surface area contributed by atoms with Gasteiger partial charge >= 0.3 is 6.18 Å². The van der Waals surface area contributed by atoms with E-state index in [1.54, 1.807) is 30.3 Å². The van der Waals surface area contributed by atoms with Crippen LogP contribution in [0, 0.1) is 0 Å². The molecule has 3 rings (SSSR count). The number of amides is 2. The number of fused-ring (bicyclic) bond motifs is 1. The Labute approximate surface area is 152 Å². The number of carbonyl (C=O) groups is 2. The third-order valence-corrected chi connectivity index (χ3v) is 4.02.